The number of hydrogen-bond donors (Lipinski definition) is 1. The van der Waals surface area contributed by atoms with Crippen LogP contribution in [0.2, 0.25) is 0 Å². The summed E-state index contributed by atoms with van der Waals surface area (Å²) in [6, 6.07) is 4.51. The van der Waals surface area contributed by atoms with E-state index in [-0.39, 0.29) is 17.7 Å². The van der Waals surface area contributed by atoms with Crippen LogP contribution in [-0.4, -0.2) is 18.2 Å². The molecule has 4 heteroatoms. The Bertz CT molecular complexity index is 438. The van der Waals surface area contributed by atoms with Gasteiger partial charge in [-0.05, 0) is 36.1 Å². The van der Waals surface area contributed by atoms with Gasteiger partial charge in [-0.2, -0.15) is 0 Å². The Morgan fingerprint density at radius 3 is 2.76 bits per heavy atom. The van der Waals surface area contributed by atoms with E-state index in [2.05, 4.69) is 0 Å². The summed E-state index contributed by atoms with van der Waals surface area (Å²) in [5.74, 6) is -1.12. The van der Waals surface area contributed by atoms with Crippen LogP contribution in [-0.2, 0) is 21.6 Å². The van der Waals surface area contributed by atoms with Crippen LogP contribution in [0.5, 0.6) is 0 Å². The number of halogens is 1. The zero-order valence-corrected chi connectivity index (χ0v) is 9.70. The fourth-order valence-corrected chi connectivity index (χ4v) is 2.34. The molecule has 1 fully saturated rings. The van der Waals surface area contributed by atoms with Crippen LogP contribution in [0.25, 0.3) is 0 Å². The van der Waals surface area contributed by atoms with Crippen molar-refractivity contribution in [1.29, 1.82) is 0 Å². The number of methoxy groups -OCH3 is 1. The summed E-state index contributed by atoms with van der Waals surface area (Å²) in [4.78, 5) is 10.9. The van der Waals surface area contributed by atoms with Crippen molar-refractivity contribution in [2.45, 2.75) is 31.3 Å². The molecule has 0 aromatic heterocycles. The molecule has 0 radical (unpaired) electrons. The molecular weight excluding hydrogens is 223 g/mol. The highest BCUT2D eigenvalue weighted by molar-refractivity contribution is 5.70. The number of ether oxygens (including phenoxy) is 1. The van der Waals surface area contributed by atoms with E-state index in [9.17, 15) is 9.18 Å². The van der Waals surface area contributed by atoms with Gasteiger partial charge >= 0.3 is 5.97 Å². The first-order valence-electron chi connectivity index (χ1n) is 5.57. The van der Waals surface area contributed by atoms with Crippen molar-refractivity contribution in [1.82, 2.24) is 0 Å². The van der Waals surface area contributed by atoms with Gasteiger partial charge in [-0.1, -0.05) is 6.07 Å². The second-order valence-electron chi connectivity index (χ2n) is 4.59. The van der Waals surface area contributed by atoms with E-state index in [1.165, 1.54) is 12.1 Å². The van der Waals surface area contributed by atoms with E-state index in [4.69, 9.17) is 9.84 Å². The minimum Gasteiger partial charge on any atom is -0.481 e. The topological polar surface area (TPSA) is 46.5 Å². The summed E-state index contributed by atoms with van der Waals surface area (Å²) in [5.41, 5.74) is 1.38. The van der Waals surface area contributed by atoms with Crippen LogP contribution in [0, 0.1) is 5.82 Å². The summed E-state index contributed by atoms with van der Waals surface area (Å²) in [6.07, 6.45) is 1.80. The second kappa shape index (κ2) is 4.45. The van der Waals surface area contributed by atoms with Gasteiger partial charge in [0.2, 0.25) is 0 Å². The summed E-state index contributed by atoms with van der Waals surface area (Å²) in [7, 11) is 1.55. The smallest absolute Gasteiger partial charge is 0.304 e. The molecule has 1 aromatic rings. The Kier molecular flexibility index (Phi) is 3.15. The number of carboxylic acids is 1. The quantitative estimate of drug-likeness (QED) is 0.857. The van der Waals surface area contributed by atoms with Gasteiger partial charge in [0, 0.05) is 12.5 Å². The molecule has 1 aliphatic carbocycles. The van der Waals surface area contributed by atoms with E-state index in [1.807, 2.05) is 0 Å². The normalized spacial score (nSPS) is 16.8. The van der Waals surface area contributed by atoms with E-state index in [0.717, 1.165) is 24.0 Å². The first kappa shape index (κ1) is 12.0. The van der Waals surface area contributed by atoms with Crippen molar-refractivity contribution in [3.63, 3.8) is 0 Å². The first-order chi connectivity index (χ1) is 8.07. The lowest BCUT2D eigenvalue weighted by atomic mass is 9.88. The molecule has 0 saturated heterocycles. The molecule has 1 aliphatic rings. The molecule has 0 atom stereocenters. The zero-order chi connectivity index (χ0) is 12.5. The van der Waals surface area contributed by atoms with Crippen molar-refractivity contribution in [2.24, 2.45) is 0 Å². The Hall–Kier alpha value is -1.42. The van der Waals surface area contributed by atoms with E-state index < -0.39 is 5.97 Å². The fourth-order valence-electron chi connectivity index (χ4n) is 2.34. The third-order valence-electron chi connectivity index (χ3n) is 3.28. The maximum absolute atomic E-state index is 13.2. The predicted octanol–water partition coefficient (Wildman–Crippen LogP) is 2.48. The van der Waals surface area contributed by atoms with Crippen molar-refractivity contribution < 1.29 is 19.0 Å². The number of benzene rings is 1. The van der Waals surface area contributed by atoms with Crippen molar-refractivity contribution in [2.75, 3.05) is 7.11 Å². The molecule has 1 saturated carbocycles. The largest absolute Gasteiger partial charge is 0.481 e. The van der Waals surface area contributed by atoms with E-state index in [1.54, 1.807) is 13.2 Å². The first-order valence-corrected chi connectivity index (χ1v) is 5.57. The maximum Gasteiger partial charge on any atom is 0.304 e. The molecule has 3 nitrogen and oxygen atoms in total. The van der Waals surface area contributed by atoms with Gasteiger partial charge in [0.1, 0.15) is 5.82 Å². The fraction of sp³-hybridized carbons (Fsp3) is 0.462. The maximum atomic E-state index is 13.2. The van der Waals surface area contributed by atoms with Gasteiger partial charge in [-0.25, -0.2) is 4.39 Å². The Morgan fingerprint density at radius 2 is 2.24 bits per heavy atom. The van der Waals surface area contributed by atoms with Crippen LogP contribution in [0.3, 0.4) is 0 Å². The SMILES string of the molecule is COCc1cc(F)ccc1C1(CC(=O)O)CC1. The monoisotopic (exact) mass is 238 g/mol. The predicted molar refractivity (Wildman–Crippen MR) is 60.3 cm³/mol. The molecule has 17 heavy (non-hydrogen) atoms. The molecule has 1 aromatic carbocycles. The van der Waals surface area contributed by atoms with Gasteiger partial charge in [0.15, 0.2) is 0 Å². The molecule has 0 amide bonds. The molecule has 92 valence electrons. The van der Waals surface area contributed by atoms with Crippen LogP contribution in [0.15, 0.2) is 18.2 Å². The minimum atomic E-state index is -0.810. The highest BCUT2D eigenvalue weighted by Gasteiger charge is 2.47. The summed E-state index contributed by atoms with van der Waals surface area (Å²) in [5, 5.41) is 8.92. The molecule has 1 N–H and O–H groups in total. The molecule has 0 heterocycles. The average molecular weight is 238 g/mol. The highest BCUT2D eigenvalue weighted by Crippen LogP contribution is 2.52. The summed E-state index contributed by atoms with van der Waals surface area (Å²) in [6.45, 7) is 0.314. The lowest BCUT2D eigenvalue weighted by Gasteiger charge is -2.17. The third kappa shape index (κ3) is 2.47. The Morgan fingerprint density at radius 1 is 1.53 bits per heavy atom. The highest BCUT2D eigenvalue weighted by atomic mass is 19.1. The van der Waals surface area contributed by atoms with Gasteiger partial charge in [0.05, 0.1) is 13.0 Å². The molecule has 0 bridgehead atoms. The zero-order valence-electron chi connectivity index (χ0n) is 9.70. The number of hydrogen-bond acceptors (Lipinski definition) is 2. The second-order valence-corrected chi connectivity index (χ2v) is 4.59. The third-order valence-corrected chi connectivity index (χ3v) is 3.28. The lowest BCUT2D eigenvalue weighted by molar-refractivity contribution is -0.137. The lowest BCUT2D eigenvalue weighted by Crippen LogP contribution is -2.15. The molecule has 0 spiro atoms. The molecular formula is C13H15FO3. The number of carbonyl (C=O) groups is 1. The van der Waals surface area contributed by atoms with Gasteiger partial charge in [-0.3, -0.25) is 4.79 Å². The average Bonchev–Trinajstić information content (AvgIpc) is 2.98. The van der Waals surface area contributed by atoms with Gasteiger partial charge in [0.25, 0.3) is 0 Å². The van der Waals surface area contributed by atoms with Crippen molar-refractivity contribution in [3.05, 3.63) is 35.1 Å². The van der Waals surface area contributed by atoms with Crippen LogP contribution in [0.1, 0.15) is 30.4 Å². The molecule has 0 aliphatic heterocycles. The van der Waals surface area contributed by atoms with Crippen LogP contribution >= 0.6 is 0 Å². The molecule has 2 rings (SSSR count). The number of carboxylic acid groups (broad SMARTS) is 1. The summed E-state index contributed by atoms with van der Waals surface area (Å²) < 4.78 is 18.2. The van der Waals surface area contributed by atoms with Gasteiger partial charge < -0.3 is 9.84 Å². The Labute approximate surface area is 99.2 Å². The van der Waals surface area contributed by atoms with Crippen molar-refractivity contribution in [3.8, 4) is 0 Å². The number of rotatable bonds is 5. The van der Waals surface area contributed by atoms with E-state index >= 15 is 0 Å². The molecule has 0 unspecified atom stereocenters. The Balaban J connectivity index is 2.34. The van der Waals surface area contributed by atoms with Crippen molar-refractivity contribution >= 4 is 5.97 Å². The standard InChI is InChI=1S/C13H15FO3/c1-17-8-9-6-10(14)2-3-11(9)13(4-5-13)7-12(15)16/h2-3,6H,4-5,7-8H2,1H3,(H,15,16). The summed E-state index contributed by atoms with van der Waals surface area (Å²) >= 11 is 0. The van der Waals surface area contributed by atoms with Crippen LogP contribution in [0.4, 0.5) is 4.39 Å². The number of aliphatic carboxylic acids is 1. The van der Waals surface area contributed by atoms with Gasteiger partial charge in [-0.15, -0.1) is 0 Å². The van der Waals surface area contributed by atoms with E-state index in [0.29, 0.717) is 6.61 Å². The van der Waals surface area contributed by atoms with Crippen LogP contribution < -0.4 is 0 Å². The minimum absolute atomic E-state index is 0.106.